The number of allylic oxidation sites excluding steroid dienone is 8. The average molecular weight is 784 g/mol. The maximum atomic E-state index is 12.6. The van der Waals surface area contributed by atoms with Crippen LogP contribution in [0.2, 0.25) is 0 Å². The maximum Gasteiger partial charge on any atom is 0.472 e. The van der Waals surface area contributed by atoms with E-state index in [4.69, 9.17) is 24.8 Å². The van der Waals surface area contributed by atoms with E-state index in [0.717, 1.165) is 57.8 Å². The SMILES string of the molecule is CC/C=C/C/C=C/C/C=C/C/C=C/CCCCC(=O)O[C@H](COC(=O)CCCCCCCCCCCCCCCCC)COP(=O)(O)OC[C@H](N)C(=O)O. The molecule has 12 heteroatoms. The summed E-state index contributed by atoms with van der Waals surface area (Å²) in [6.07, 6.45) is 40.4. The second-order valence-electron chi connectivity index (χ2n) is 13.7. The highest BCUT2D eigenvalue weighted by Gasteiger charge is 2.28. The van der Waals surface area contributed by atoms with Gasteiger partial charge in [0.2, 0.25) is 0 Å². The number of carboxylic acid groups (broad SMARTS) is 1. The van der Waals surface area contributed by atoms with Gasteiger partial charge in [-0.3, -0.25) is 23.4 Å². The molecular formula is C42H74NO10P. The zero-order valence-electron chi connectivity index (χ0n) is 33.6. The molecule has 0 saturated carbocycles. The van der Waals surface area contributed by atoms with E-state index in [9.17, 15) is 23.8 Å². The number of phosphoric ester groups is 1. The quantitative estimate of drug-likeness (QED) is 0.0235. The Labute approximate surface area is 326 Å². The number of hydrogen-bond donors (Lipinski definition) is 3. The fourth-order valence-corrected chi connectivity index (χ4v) is 6.13. The number of rotatable bonds is 38. The number of carbonyl (C=O) groups excluding carboxylic acids is 2. The van der Waals surface area contributed by atoms with Crippen LogP contribution >= 0.6 is 7.82 Å². The summed E-state index contributed by atoms with van der Waals surface area (Å²) in [6.45, 7) is 2.64. The molecule has 0 bridgehead atoms. The van der Waals surface area contributed by atoms with Gasteiger partial charge in [-0.05, 0) is 51.4 Å². The van der Waals surface area contributed by atoms with Crippen LogP contribution in [0, 0.1) is 0 Å². The first kappa shape index (κ1) is 51.4. The number of carbonyl (C=O) groups is 3. The maximum absolute atomic E-state index is 12.6. The zero-order chi connectivity index (χ0) is 40.0. The molecule has 0 rings (SSSR count). The summed E-state index contributed by atoms with van der Waals surface area (Å²) in [5.41, 5.74) is 5.32. The van der Waals surface area contributed by atoms with Crippen molar-refractivity contribution in [1.82, 2.24) is 0 Å². The van der Waals surface area contributed by atoms with E-state index in [0.29, 0.717) is 12.8 Å². The molecule has 3 atom stereocenters. The third-order valence-electron chi connectivity index (χ3n) is 8.59. The minimum Gasteiger partial charge on any atom is -0.480 e. The van der Waals surface area contributed by atoms with Crippen LogP contribution in [0.3, 0.4) is 0 Å². The monoisotopic (exact) mass is 784 g/mol. The van der Waals surface area contributed by atoms with Crippen LogP contribution in [0.25, 0.3) is 0 Å². The number of ether oxygens (including phenoxy) is 2. The molecule has 312 valence electrons. The largest absolute Gasteiger partial charge is 0.480 e. The molecule has 54 heavy (non-hydrogen) atoms. The van der Waals surface area contributed by atoms with E-state index >= 15 is 0 Å². The molecule has 0 fully saturated rings. The van der Waals surface area contributed by atoms with Gasteiger partial charge in [0.25, 0.3) is 0 Å². The van der Waals surface area contributed by atoms with Gasteiger partial charge >= 0.3 is 25.7 Å². The second-order valence-corrected chi connectivity index (χ2v) is 15.2. The summed E-state index contributed by atoms with van der Waals surface area (Å²) >= 11 is 0. The first-order valence-corrected chi connectivity index (χ1v) is 22.2. The Kier molecular flexibility index (Phi) is 35.6. The molecule has 0 saturated heterocycles. The molecule has 0 amide bonds. The molecule has 4 N–H and O–H groups in total. The van der Waals surface area contributed by atoms with Crippen molar-refractivity contribution in [2.24, 2.45) is 5.73 Å². The molecule has 1 unspecified atom stereocenters. The number of unbranched alkanes of at least 4 members (excludes halogenated alkanes) is 16. The highest BCUT2D eigenvalue weighted by Crippen LogP contribution is 2.43. The Bertz CT molecular complexity index is 1110. The lowest BCUT2D eigenvalue weighted by Gasteiger charge is -2.20. The molecule has 0 aromatic rings. The van der Waals surface area contributed by atoms with Crippen molar-refractivity contribution in [2.75, 3.05) is 19.8 Å². The summed E-state index contributed by atoms with van der Waals surface area (Å²) < 4.78 is 32.6. The number of carboxylic acids is 1. The van der Waals surface area contributed by atoms with Gasteiger partial charge in [0.1, 0.15) is 12.6 Å². The summed E-state index contributed by atoms with van der Waals surface area (Å²) in [4.78, 5) is 45.8. The molecule has 0 aliphatic carbocycles. The molecule has 0 aliphatic rings. The standard InChI is InChI=1S/C42H74NO10P/c1-3-5-7-9-11-13-15-17-19-21-23-25-27-29-31-33-40(44)50-35-38(36-51-54(48,49)52-37-39(43)42(46)47)53-41(45)34-32-30-28-26-24-22-20-18-16-14-12-10-8-6-4-2/h6,8,12,14,18,20,24,26,38-39H,3-5,7,9-11,13,15-17,19,21-23,25,27-37,43H2,1-2H3,(H,46,47)(H,48,49)/b8-6+,14-12+,20-18+,26-24+/t38-,39+/m1/s1. The van der Waals surface area contributed by atoms with Crippen LogP contribution in [-0.2, 0) is 37.5 Å². The van der Waals surface area contributed by atoms with Crippen molar-refractivity contribution in [2.45, 2.75) is 180 Å². The summed E-state index contributed by atoms with van der Waals surface area (Å²) in [5.74, 6) is -2.43. The Morgan fingerprint density at radius 2 is 1.04 bits per heavy atom. The number of esters is 2. The van der Waals surface area contributed by atoms with Gasteiger partial charge in [-0.1, -0.05) is 152 Å². The number of phosphoric acid groups is 1. The van der Waals surface area contributed by atoms with Gasteiger partial charge in [0.15, 0.2) is 6.10 Å². The van der Waals surface area contributed by atoms with Crippen molar-refractivity contribution >= 4 is 25.7 Å². The number of aliphatic carboxylic acids is 1. The van der Waals surface area contributed by atoms with Crippen LogP contribution < -0.4 is 5.73 Å². The molecule has 11 nitrogen and oxygen atoms in total. The lowest BCUT2D eigenvalue weighted by Crippen LogP contribution is -2.34. The molecule has 0 radical (unpaired) electrons. The Morgan fingerprint density at radius 3 is 1.56 bits per heavy atom. The van der Waals surface area contributed by atoms with Gasteiger partial charge in [0, 0.05) is 12.8 Å². The predicted molar refractivity (Wildman–Crippen MR) is 217 cm³/mol. The minimum atomic E-state index is -4.72. The third kappa shape index (κ3) is 36.4. The Balaban J connectivity index is 4.46. The highest BCUT2D eigenvalue weighted by atomic mass is 31.2. The fraction of sp³-hybridized carbons (Fsp3) is 0.738. The first-order valence-electron chi connectivity index (χ1n) is 20.7. The van der Waals surface area contributed by atoms with E-state index in [1.165, 1.54) is 70.6 Å². The summed E-state index contributed by atoms with van der Waals surface area (Å²) in [5, 5.41) is 8.87. The van der Waals surface area contributed by atoms with E-state index in [1.807, 2.05) is 0 Å². The van der Waals surface area contributed by atoms with Crippen LogP contribution in [0.4, 0.5) is 0 Å². The first-order chi connectivity index (χ1) is 26.1. The topological polar surface area (TPSA) is 172 Å². The zero-order valence-corrected chi connectivity index (χ0v) is 34.4. The minimum absolute atomic E-state index is 0.109. The lowest BCUT2D eigenvalue weighted by molar-refractivity contribution is -0.161. The van der Waals surface area contributed by atoms with E-state index < -0.39 is 51.1 Å². The summed E-state index contributed by atoms with van der Waals surface area (Å²) in [7, 11) is -4.72. The lowest BCUT2D eigenvalue weighted by atomic mass is 10.0. The van der Waals surface area contributed by atoms with Gasteiger partial charge in [-0.2, -0.15) is 0 Å². The van der Waals surface area contributed by atoms with Gasteiger partial charge in [0.05, 0.1) is 13.2 Å². The van der Waals surface area contributed by atoms with Gasteiger partial charge in [-0.15, -0.1) is 0 Å². The number of hydrogen-bond acceptors (Lipinski definition) is 9. The Morgan fingerprint density at radius 1 is 0.593 bits per heavy atom. The highest BCUT2D eigenvalue weighted by molar-refractivity contribution is 7.47. The van der Waals surface area contributed by atoms with Crippen LogP contribution in [0.15, 0.2) is 48.6 Å². The van der Waals surface area contributed by atoms with Crippen molar-refractivity contribution in [3.63, 3.8) is 0 Å². The van der Waals surface area contributed by atoms with Crippen molar-refractivity contribution in [3.8, 4) is 0 Å². The smallest absolute Gasteiger partial charge is 0.472 e. The molecular weight excluding hydrogens is 709 g/mol. The Hall–Kier alpha value is -2.56. The van der Waals surface area contributed by atoms with Crippen LogP contribution in [0.1, 0.15) is 168 Å². The fourth-order valence-electron chi connectivity index (χ4n) is 5.35. The van der Waals surface area contributed by atoms with Crippen molar-refractivity contribution in [3.05, 3.63) is 48.6 Å². The van der Waals surface area contributed by atoms with Gasteiger partial charge in [-0.25, -0.2) is 4.57 Å². The van der Waals surface area contributed by atoms with E-state index in [2.05, 4.69) is 67.0 Å². The molecule has 0 aliphatic heterocycles. The molecule has 0 spiro atoms. The third-order valence-corrected chi connectivity index (χ3v) is 9.54. The van der Waals surface area contributed by atoms with E-state index in [1.54, 1.807) is 0 Å². The average Bonchev–Trinajstić information content (AvgIpc) is 3.14. The van der Waals surface area contributed by atoms with Crippen LogP contribution in [0.5, 0.6) is 0 Å². The number of nitrogens with two attached hydrogens (primary N) is 1. The molecule has 0 aromatic heterocycles. The normalized spacial score (nSPS) is 14.3. The molecule has 0 aromatic carbocycles. The second kappa shape index (κ2) is 37.4. The van der Waals surface area contributed by atoms with Crippen molar-refractivity contribution in [1.29, 1.82) is 0 Å². The summed E-state index contributed by atoms with van der Waals surface area (Å²) in [6, 6.07) is -1.53. The van der Waals surface area contributed by atoms with E-state index in [-0.39, 0.29) is 19.4 Å². The van der Waals surface area contributed by atoms with Gasteiger partial charge < -0.3 is 25.2 Å². The molecule has 0 heterocycles. The van der Waals surface area contributed by atoms with Crippen LogP contribution in [-0.4, -0.2) is 59.9 Å². The van der Waals surface area contributed by atoms with Crippen molar-refractivity contribution < 1.29 is 47.5 Å². The predicted octanol–water partition coefficient (Wildman–Crippen LogP) is 10.6.